The molecule has 1 aromatic heterocycles. The Morgan fingerprint density at radius 1 is 1.31 bits per heavy atom. The smallest absolute Gasteiger partial charge is 0.181 e. The zero-order chi connectivity index (χ0) is 11.4. The summed E-state index contributed by atoms with van der Waals surface area (Å²) in [5.74, 6) is 1.71. The van der Waals surface area contributed by atoms with Crippen LogP contribution in [0.2, 0.25) is 0 Å². The molecule has 1 aromatic carbocycles. The third-order valence-corrected chi connectivity index (χ3v) is 2.53. The van der Waals surface area contributed by atoms with Crippen LogP contribution in [0.5, 0.6) is 0 Å². The van der Waals surface area contributed by atoms with E-state index < -0.39 is 0 Å². The molecule has 0 aliphatic heterocycles. The van der Waals surface area contributed by atoms with Crippen LogP contribution < -0.4 is 5.32 Å². The van der Waals surface area contributed by atoms with Gasteiger partial charge in [-0.25, -0.2) is 4.98 Å². The first-order chi connectivity index (χ1) is 7.81. The molecular weight excluding hydrogens is 200 g/mol. The van der Waals surface area contributed by atoms with E-state index in [9.17, 15) is 0 Å². The molecular formula is C12H16N4. The van der Waals surface area contributed by atoms with Crippen molar-refractivity contribution in [3.05, 3.63) is 35.7 Å². The van der Waals surface area contributed by atoms with E-state index in [0.29, 0.717) is 0 Å². The van der Waals surface area contributed by atoms with Crippen molar-refractivity contribution in [2.45, 2.75) is 13.3 Å². The fourth-order valence-corrected chi connectivity index (χ4v) is 1.59. The van der Waals surface area contributed by atoms with E-state index in [1.54, 1.807) is 0 Å². The molecule has 0 bridgehead atoms. The summed E-state index contributed by atoms with van der Waals surface area (Å²) in [6.45, 7) is 2.97. The molecule has 1 heterocycles. The third kappa shape index (κ3) is 2.28. The molecule has 0 saturated carbocycles. The number of aryl methyl sites for hydroxylation is 1. The lowest BCUT2D eigenvalue weighted by Gasteiger charge is -1.98. The van der Waals surface area contributed by atoms with Gasteiger partial charge in [0.15, 0.2) is 5.82 Å². The van der Waals surface area contributed by atoms with E-state index >= 15 is 0 Å². The van der Waals surface area contributed by atoms with Crippen LogP contribution in [0, 0.1) is 6.92 Å². The summed E-state index contributed by atoms with van der Waals surface area (Å²) in [5, 5.41) is 10.3. The van der Waals surface area contributed by atoms with Crippen LogP contribution in [0.25, 0.3) is 11.4 Å². The summed E-state index contributed by atoms with van der Waals surface area (Å²) >= 11 is 0. The van der Waals surface area contributed by atoms with Gasteiger partial charge in [-0.1, -0.05) is 24.3 Å². The molecule has 0 radical (unpaired) electrons. The second-order valence-electron chi connectivity index (χ2n) is 3.77. The van der Waals surface area contributed by atoms with Gasteiger partial charge in [0.2, 0.25) is 0 Å². The number of nitrogens with one attached hydrogen (secondary N) is 2. The van der Waals surface area contributed by atoms with Crippen molar-refractivity contribution in [3.63, 3.8) is 0 Å². The van der Waals surface area contributed by atoms with Gasteiger partial charge in [-0.15, -0.1) is 0 Å². The summed E-state index contributed by atoms with van der Waals surface area (Å²) in [4.78, 5) is 4.47. The van der Waals surface area contributed by atoms with Crippen molar-refractivity contribution >= 4 is 0 Å². The summed E-state index contributed by atoms with van der Waals surface area (Å²) in [6, 6.07) is 8.14. The van der Waals surface area contributed by atoms with Crippen molar-refractivity contribution in [2.24, 2.45) is 0 Å². The Balaban J connectivity index is 2.22. The monoisotopic (exact) mass is 216 g/mol. The van der Waals surface area contributed by atoms with Gasteiger partial charge in [-0.2, -0.15) is 5.10 Å². The van der Waals surface area contributed by atoms with Crippen molar-refractivity contribution in [2.75, 3.05) is 13.6 Å². The van der Waals surface area contributed by atoms with E-state index in [1.807, 2.05) is 25.2 Å². The Bertz CT molecular complexity index is 462. The summed E-state index contributed by atoms with van der Waals surface area (Å²) in [6.07, 6.45) is 0.870. The van der Waals surface area contributed by atoms with Gasteiger partial charge in [-0.05, 0) is 19.5 Å². The van der Waals surface area contributed by atoms with E-state index in [2.05, 4.69) is 33.5 Å². The number of H-pyrrole nitrogens is 1. The molecule has 0 aliphatic carbocycles. The number of hydrogen-bond donors (Lipinski definition) is 2. The van der Waals surface area contributed by atoms with Crippen molar-refractivity contribution in [1.82, 2.24) is 20.5 Å². The molecule has 0 aliphatic rings. The Labute approximate surface area is 95.1 Å². The van der Waals surface area contributed by atoms with Crippen LogP contribution in [-0.4, -0.2) is 28.8 Å². The summed E-state index contributed by atoms with van der Waals surface area (Å²) < 4.78 is 0. The Hall–Kier alpha value is -1.68. The van der Waals surface area contributed by atoms with Gasteiger partial charge in [0.05, 0.1) is 0 Å². The zero-order valence-electron chi connectivity index (χ0n) is 9.62. The van der Waals surface area contributed by atoms with Crippen LogP contribution >= 0.6 is 0 Å². The zero-order valence-corrected chi connectivity index (χ0v) is 9.62. The normalized spacial score (nSPS) is 10.6. The fourth-order valence-electron chi connectivity index (χ4n) is 1.59. The SMILES string of the molecule is CNCCc1nc(-c2ccccc2C)n[nH]1. The quantitative estimate of drug-likeness (QED) is 0.815. The number of rotatable bonds is 4. The van der Waals surface area contributed by atoms with Crippen LogP contribution in [-0.2, 0) is 6.42 Å². The molecule has 0 saturated heterocycles. The maximum atomic E-state index is 4.47. The largest absolute Gasteiger partial charge is 0.319 e. The highest BCUT2D eigenvalue weighted by atomic mass is 15.2. The van der Waals surface area contributed by atoms with Gasteiger partial charge in [0, 0.05) is 18.5 Å². The minimum atomic E-state index is 0.782. The molecule has 2 aromatic rings. The molecule has 4 heteroatoms. The van der Waals surface area contributed by atoms with Gasteiger partial charge >= 0.3 is 0 Å². The molecule has 2 rings (SSSR count). The van der Waals surface area contributed by atoms with E-state index in [-0.39, 0.29) is 0 Å². The van der Waals surface area contributed by atoms with Crippen LogP contribution in [0.1, 0.15) is 11.4 Å². The molecule has 0 spiro atoms. The van der Waals surface area contributed by atoms with E-state index in [1.165, 1.54) is 5.56 Å². The second-order valence-corrected chi connectivity index (χ2v) is 3.77. The summed E-state index contributed by atoms with van der Waals surface area (Å²) in [7, 11) is 1.93. The van der Waals surface area contributed by atoms with Crippen molar-refractivity contribution < 1.29 is 0 Å². The van der Waals surface area contributed by atoms with Gasteiger partial charge in [0.25, 0.3) is 0 Å². The number of aromatic nitrogens is 3. The Kier molecular flexibility index (Phi) is 3.31. The first-order valence-corrected chi connectivity index (χ1v) is 5.43. The maximum Gasteiger partial charge on any atom is 0.181 e. The predicted octanol–water partition coefficient (Wildman–Crippen LogP) is 1.54. The maximum absolute atomic E-state index is 4.47. The van der Waals surface area contributed by atoms with Crippen LogP contribution in [0.4, 0.5) is 0 Å². The minimum Gasteiger partial charge on any atom is -0.319 e. The number of nitrogens with zero attached hydrogens (tertiary/aromatic N) is 2. The van der Waals surface area contributed by atoms with Crippen LogP contribution in [0.3, 0.4) is 0 Å². The fraction of sp³-hybridized carbons (Fsp3) is 0.333. The number of hydrogen-bond acceptors (Lipinski definition) is 3. The van der Waals surface area contributed by atoms with Gasteiger partial charge in [-0.3, -0.25) is 5.10 Å². The highest BCUT2D eigenvalue weighted by molar-refractivity contribution is 5.59. The lowest BCUT2D eigenvalue weighted by Crippen LogP contribution is -2.11. The van der Waals surface area contributed by atoms with Gasteiger partial charge in [0.1, 0.15) is 5.82 Å². The highest BCUT2D eigenvalue weighted by Crippen LogP contribution is 2.18. The van der Waals surface area contributed by atoms with Crippen molar-refractivity contribution in [3.8, 4) is 11.4 Å². The van der Waals surface area contributed by atoms with E-state index in [0.717, 1.165) is 30.2 Å². The Morgan fingerprint density at radius 3 is 2.88 bits per heavy atom. The minimum absolute atomic E-state index is 0.782. The predicted molar refractivity (Wildman–Crippen MR) is 64.2 cm³/mol. The second kappa shape index (κ2) is 4.90. The molecule has 0 unspecified atom stereocenters. The average molecular weight is 216 g/mol. The van der Waals surface area contributed by atoms with Crippen molar-refractivity contribution in [1.29, 1.82) is 0 Å². The van der Waals surface area contributed by atoms with E-state index in [4.69, 9.17) is 0 Å². The molecule has 84 valence electrons. The standard InChI is InChI=1S/C12H16N4/c1-9-5-3-4-6-10(9)12-14-11(15-16-12)7-8-13-2/h3-6,13H,7-8H2,1-2H3,(H,14,15,16). The molecule has 0 amide bonds. The lowest BCUT2D eigenvalue weighted by molar-refractivity contribution is 0.758. The van der Waals surface area contributed by atoms with Gasteiger partial charge < -0.3 is 5.32 Å². The number of benzene rings is 1. The Morgan fingerprint density at radius 2 is 2.12 bits per heavy atom. The molecule has 2 N–H and O–H groups in total. The molecule has 0 atom stereocenters. The highest BCUT2D eigenvalue weighted by Gasteiger charge is 2.07. The molecule has 0 fully saturated rings. The molecule has 4 nitrogen and oxygen atoms in total. The number of likely N-dealkylation sites (N-methyl/N-ethyl adjacent to an activating group) is 1. The third-order valence-electron chi connectivity index (χ3n) is 2.53. The summed E-state index contributed by atoms with van der Waals surface area (Å²) in [5.41, 5.74) is 2.29. The lowest BCUT2D eigenvalue weighted by atomic mass is 10.1. The average Bonchev–Trinajstić information content (AvgIpc) is 2.75. The first kappa shape index (κ1) is 10.8. The topological polar surface area (TPSA) is 53.6 Å². The molecule has 16 heavy (non-hydrogen) atoms. The first-order valence-electron chi connectivity index (χ1n) is 5.43. The van der Waals surface area contributed by atoms with Crippen LogP contribution in [0.15, 0.2) is 24.3 Å². The number of aromatic amines is 1.